The van der Waals surface area contributed by atoms with E-state index in [0.717, 1.165) is 23.3 Å². The van der Waals surface area contributed by atoms with Crippen LogP contribution in [0.1, 0.15) is 31.9 Å². The highest BCUT2D eigenvalue weighted by molar-refractivity contribution is 6.30. The van der Waals surface area contributed by atoms with Crippen LogP contribution in [-0.2, 0) is 0 Å². The van der Waals surface area contributed by atoms with Gasteiger partial charge >= 0.3 is 0 Å². The van der Waals surface area contributed by atoms with E-state index < -0.39 is 0 Å². The second kappa shape index (κ2) is 4.80. The minimum absolute atomic E-state index is 0.297. The van der Waals surface area contributed by atoms with Gasteiger partial charge in [-0.25, -0.2) is 0 Å². The van der Waals surface area contributed by atoms with E-state index in [9.17, 15) is 0 Å². The maximum absolute atomic E-state index is 5.87. The molecule has 0 saturated carbocycles. The quantitative estimate of drug-likeness (QED) is 0.893. The monoisotopic (exact) mass is 250 g/mol. The molecule has 2 aromatic rings. The summed E-state index contributed by atoms with van der Waals surface area (Å²) >= 11 is 5.87. The second-order valence-electron chi connectivity index (χ2n) is 4.12. The third kappa shape index (κ3) is 2.29. The van der Waals surface area contributed by atoms with E-state index in [2.05, 4.69) is 19.0 Å². The van der Waals surface area contributed by atoms with Crippen LogP contribution in [0.4, 0.5) is 5.82 Å². The van der Waals surface area contributed by atoms with Gasteiger partial charge in [-0.1, -0.05) is 42.7 Å². The van der Waals surface area contributed by atoms with E-state index in [-0.39, 0.29) is 0 Å². The Kier molecular flexibility index (Phi) is 3.38. The molecule has 1 unspecified atom stereocenters. The fourth-order valence-corrected chi connectivity index (χ4v) is 1.87. The molecule has 17 heavy (non-hydrogen) atoms. The fourth-order valence-electron chi connectivity index (χ4n) is 1.74. The lowest BCUT2D eigenvalue weighted by atomic mass is 9.97. The third-order valence-corrected chi connectivity index (χ3v) is 3.19. The summed E-state index contributed by atoms with van der Waals surface area (Å²) in [6, 6.07) is 7.53. The van der Waals surface area contributed by atoms with Gasteiger partial charge in [-0.15, -0.1) is 0 Å². The third-order valence-electron chi connectivity index (χ3n) is 2.94. The van der Waals surface area contributed by atoms with Gasteiger partial charge in [0.1, 0.15) is 5.76 Å². The Morgan fingerprint density at radius 3 is 2.59 bits per heavy atom. The number of halogens is 1. The van der Waals surface area contributed by atoms with Crippen LogP contribution in [0, 0.1) is 0 Å². The van der Waals surface area contributed by atoms with Gasteiger partial charge in [-0.3, -0.25) is 0 Å². The maximum Gasteiger partial charge on any atom is 0.175 e. The van der Waals surface area contributed by atoms with Crippen LogP contribution in [0.25, 0.3) is 11.1 Å². The molecular formula is C13H15ClN2O. The molecule has 0 saturated heterocycles. The molecule has 3 nitrogen and oxygen atoms in total. The van der Waals surface area contributed by atoms with Crippen molar-refractivity contribution < 1.29 is 4.52 Å². The fraction of sp³-hybridized carbons (Fsp3) is 0.308. The number of nitrogens with two attached hydrogens (primary N) is 1. The first-order valence-electron chi connectivity index (χ1n) is 5.64. The molecule has 2 rings (SSSR count). The van der Waals surface area contributed by atoms with Crippen molar-refractivity contribution >= 4 is 17.4 Å². The Bertz CT molecular complexity index is 505. The van der Waals surface area contributed by atoms with E-state index >= 15 is 0 Å². The number of anilines is 1. The van der Waals surface area contributed by atoms with Gasteiger partial charge in [0.25, 0.3) is 0 Å². The lowest BCUT2D eigenvalue weighted by molar-refractivity contribution is 0.366. The summed E-state index contributed by atoms with van der Waals surface area (Å²) in [6.45, 7) is 4.20. The molecule has 0 fully saturated rings. The number of aromatic nitrogens is 1. The van der Waals surface area contributed by atoms with E-state index in [1.807, 2.05) is 24.3 Å². The Morgan fingerprint density at radius 1 is 1.35 bits per heavy atom. The minimum atomic E-state index is 0.297. The topological polar surface area (TPSA) is 52.0 Å². The number of nitrogens with zero attached hydrogens (tertiary/aromatic N) is 1. The molecule has 0 radical (unpaired) electrons. The summed E-state index contributed by atoms with van der Waals surface area (Å²) in [7, 11) is 0. The lowest BCUT2D eigenvalue weighted by Crippen LogP contribution is -1.94. The molecule has 1 aromatic heterocycles. The van der Waals surface area contributed by atoms with Gasteiger partial charge in [-0.2, -0.15) is 0 Å². The van der Waals surface area contributed by atoms with Crippen molar-refractivity contribution in [3.05, 3.63) is 35.0 Å². The predicted octanol–water partition coefficient (Wildman–Crippen LogP) is 4.09. The van der Waals surface area contributed by atoms with Crippen LogP contribution >= 0.6 is 11.6 Å². The molecule has 0 aliphatic heterocycles. The van der Waals surface area contributed by atoms with Crippen molar-refractivity contribution in [2.75, 3.05) is 5.73 Å². The maximum atomic E-state index is 5.87. The number of rotatable bonds is 3. The summed E-state index contributed by atoms with van der Waals surface area (Å²) in [6.07, 6.45) is 0.981. The van der Waals surface area contributed by atoms with Crippen molar-refractivity contribution in [2.24, 2.45) is 0 Å². The van der Waals surface area contributed by atoms with Gasteiger partial charge in [0.15, 0.2) is 5.82 Å². The Labute approximate surface area is 106 Å². The average molecular weight is 251 g/mol. The first-order valence-corrected chi connectivity index (χ1v) is 6.02. The summed E-state index contributed by atoms with van der Waals surface area (Å²) in [5, 5.41) is 4.56. The second-order valence-corrected chi connectivity index (χ2v) is 4.56. The minimum Gasteiger partial charge on any atom is -0.380 e. The van der Waals surface area contributed by atoms with E-state index in [1.165, 1.54) is 0 Å². The number of hydrogen-bond donors (Lipinski definition) is 1. The van der Waals surface area contributed by atoms with Crippen LogP contribution in [0.15, 0.2) is 28.8 Å². The van der Waals surface area contributed by atoms with Crippen LogP contribution in [0.5, 0.6) is 0 Å². The molecule has 2 N–H and O–H groups in total. The molecule has 90 valence electrons. The zero-order valence-electron chi connectivity index (χ0n) is 9.90. The molecule has 0 aliphatic carbocycles. The van der Waals surface area contributed by atoms with Crippen molar-refractivity contribution in [3.63, 3.8) is 0 Å². The van der Waals surface area contributed by atoms with E-state index in [4.69, 9.17) is 21.9 Å². The first-order chi connectivity index (χ1) is 8.13. The van der Waals surface area contributed by atoms with Gasteiger partial charge in [0.05, 0.1) is 5.56 Å². The average Bonchev–Trinajstić information content (AvgIpc) is 2.71. The van der Waals surface area contributed by atoms with E-state index in [0.29, 0.717) is 16.8 Å². The zero-order valence-corrected chi connectivity index (χ0v) is 10.7. The number of benzene rings is 1. The van der Waals surface area contributed by atoms with Crippen molar-refractivity contribution in [1.29, 1.82) is 0 Å². The summed E-state index contributed by atoms with van der Waals surface area (Å²) in [5.74, 6) is 1.57. The molecular weight excluding hydrogens is 236 g/mol. The van der Waals surface area contributed by atoms with Gasteiger partial charge in [0, 0.05) is 10.9 Å². The van der Waals surface area contributed by atoms with Gasteiger partial charge < -0.3 is 10.3 Å². The highest BCUT2D eigenvalue weighted by Gasteiger charge is 2.19. The highest BCUT2D eigenvalue weighted by atomic mass is 35.5. The molecule has 1 atom stereocenters. The number of nitrogen functional groups attached to an aromatic ring is 1. The summed E-state index contributed by atoms with van der Waals surface area (Å²) in [5.41, 5.74) is 7.74. The van der Waals surface area contributed by atoms with Crippen molar-refractivity contribution in [1.82, 2.24) is 5.16 Å². The molecule has 1 aromatic carbocycles. The van der Waals surface area contributed by atoms with Gasteiger partial charge in [0.2, 0.25) is 0 Å². The highest BCUT2D eigenvalue weighted by Crippen LogP contribution is 2.35. The Morgan fingerprint density at radius 2 is 2.00 bits per heavy atom. The first kappa shape index (κ1) is 12.0. The van der Waals surface area contributed by atoms with Crippen molar-refractivity contribution in [3.8, 4) is 11.1 Å². The molecule has 0 amide bonds. The smallest absolute Gasteiger partial charge is 0.175 e. The standard InChI is InChI=1S/C13H15ClN2O/c1-3-8(2)12-11(13(15)16-17-12)9-4-6-10(14)7-5-9/h4-8H,3H2,1-2H3,(H2,15,16). The molecule has 4 heteroatoms. The normalized spacial score (nSPS) is 12.6. The number of hydrogen-bond acceptors (Lipinski definition) is 3. The summed E-state index contributed by atoms with van der Waals surface area (Å²) in [4.78, 5) is 0. The molecule has 0 spiro atoms. The molecule has 0 aliphatic rings. The predicted molar refractivity (Wildman–Crippen MR) is 70.1 cm³/mol. The zero-order chi connectivity index (χ0) is 12.4. The van der Waals surface area contributed by atoms with Crippen LogP contribution in [0.2, 0.25) is 5.02 Å². The van der Waals surface area contributed by atoms with Crippen LogP contribution in [0.3, 0.4) is 0 Å². The van der Waals surface area contributed by atoms with Crippen molar-refractivity contribution in [2.45, 2.75) is 26.2 Å². The molecule has 1 heterocycles. The lowest BCUT2D eigenvalue weighted by Gasteiger charge is -2.07. The Hall–Kier alpha value is -1.48. The van der Waals surface area contributed by atoms with Gasteiger partial charge in [-0.05, 0) is 24.1 Å². The van der Waals surface area contributed by atoms with Crippen LogP contribution < -0.4 is 5.73 Å². The van der Waals surface area contributed by atoms with E-state index in [1.54, 1.807) is 0 Å². The summed E-state index contributed by atoms with van der Waals surface area (Å²) < 4.78 is 5.32. The van der Waals surface area contributed by atoms with Crippen LogP contribution in [-0.4, -0.2) is 5.16 Å². The molecule has 0 bridgehead atoms. The largest absolute Gasteiger partial charge is 0.380 e. The Balaban J connectivity index is 2.50. The SMILES string of the molecule is CCC(C)c1onc(N)c1-c1ccc(Cl)cc1.